The molecule has 0 bridgehead atoms. The van der Waals surface area contributed by atoms with Crippen molar-refractivity contribution in [1.82, 2.24) is 20.4 Å². The second kappa shape index (κ2) is 4.89. The average Bonchev–Trinajstić information content (AvgIpc) is 2.85. The first-order valence-electron chi connectivity index (χ1n) is 5.98. The van der Waals surface area contributed by atoms with Crippen molar-refractivity contribution in [1.29, 1.82) is 0 Å². The molecule has 0 saturated carbocycles. The Hall–Kier alpha value is -2.69. The number of hydrogen-bond acceptors (Lipinski definition) is 4. The predicted molar refractivity (Wildman–Crippen MR) is 74.1 cm³/mol. The van der Waals surface area contributed by atoms with Crippen molar-refractivity contribution in [3.05, 3.63) is 54.4 Å². The van der Waals surface area contributed by atoms with Gasteiger partial charge in [-0.2, -0.15) is 15.3 Å². The number of aromatic amines is 1. The molecule has 0 aliphatic rings. The summed E-state index contributed by atoms with van der Waals surface area (Å²) in [5, 5.41) is 18.4. The Bertz CT molecular complexity index is 675. The van der Waals surface area contributed by atoms with Gasteiger partial charge >= 0.3 is 0 Å². The van der Waals surface area contributed by atoms with Gasteiger partial charge in [0.25, 0.3) is 0 Å². The van der Waals surface area contributed by atoms with E-state index >= 15 is 0 Å². The molecular weight excluding hydrogens is 238 g/mol. The lowest BCUT2D eigenvalue weighted by atomic mass is 10.1. The van der Waals surface area contributed by atoms with Crippen LogP contribution in [0.3, 0.4) is 0 Å². The molecule has 0 amide bonds. The zero-order valence-electron chi connectivity index (χ0n) is 10.5. The number of anilines is 2. The molecule has 0 fully saturated rings. The summed E-state index contributed by atoms with van der Waals surface area (Å²) in [6.45, 7) is 1.96. The topological polar surface area (TPSA) is 66.5 Å². The SMILES string of the molecule is Cc1cc(Nc2cnnc(-c3ccccc3)c2)n[nH]1. The second-order valence-electron chi connectivity index (χ2n) is 4.26. The third kappa shape index (κ3) is 2.60. The summed E-state index contributed by atoms with van der Waals surface area (Å²) in [6.07, 6.45) is 1.68. The molecule has 0 aliphatic carbocycles. The van der Waals surface area contributed by atoms with Crippen molar-refractivity contribution < 1.29 is 0 Å². The molecule has 0 unspecified atom stereocenters. The fraction of sp³-hybridized carbons (Fsp3) is 0.0714. The largest absolute Gasteiger partial charge is 0.337 e. The molecule has 2 N–H and O–H groups in total. The molecule has 5 nitrogen and oxygen atoms in total. The van der Waals surface area contributed by atoms with E-state index in [-0.39, 0.29) is 0 Å². The van der Waals surface area contributed by atoms with E-state index in [1.807, 2.05) is 49.4 Å². The van der Waals surface area contributed by atoms with Gasteiger partial charge in [0.2, 0.25) is 0 Å². The molecule has 94 valence electrons. The minimum absolute atomic E-state index is 0.768. The Morgan fingerprint density at radius 2 is 1.95 bits per heavy atom. The quantitative estimate of drug-likeness (QED) is 0.751. The fourth-order valence-electron chi connectivity index (χ4n) is 1.81. The van der Waals surface area contributed by atoms with E-state index in [9.17, 15) is 0 Å². The number of H-pyrrole nitrogens is 1. The number of nitrogens with zero attached hydrogens (tertiary/aromatic N) is 3. The summed E-state index contributed by atoms with van der Waals surface area (Å²) >= 11 is 0. The number of aromatic nitrogens is 4. The van der Waals surface area contributed by atoms with E-state index in [4.69, 9.17) is 0 Å². The molecule has 0 aliphatic heterocycles. The lowest BCUT2D eigenvalue weighted by Gasteiger charge is -2.04. The maximum absolute atomic E-state index is 4.14. The van der Waals surface area contributed by atoms with Crippen LogP contribution >= 0.6 is 0 Å². The van der Waals surface area contributed by atoms with E-state index in [1.165, 1.54) is 0 Å². The number of hydrogen-bond donors (Lipinski definition) is 2. The molecule has 19 heavy (non-hydrogen) atoms. The Morgan fingerprint density at radius 1 is 1.11 bits per heavy atom. The van der Waals surface area contributed by atoms with Crippen molar-refractivity contribution in [3.8, 4) is 11.3 Å². The van der Waals surface area contributed by atoms with Gasteiger partial charge in [-0.25, -0.2) is 0 Å². The summed E-state index contributed by atoms with van der Waals surface area (Å²) in [5.41, 5.74) is 3.74. The van der Waals surface area contributed by atoms with E-state index in [0.717, 1.165) is 28.5 Å². The van der Waals surface area contributed by atoms with E-state index in [0.29, 0.717) is 0 Å². The Morgan fingerprint density at radius 3 is 2.68 bits per heavy atom. The van der Waals surface area contributed by atoms with E-state index in [1.54, 1.807) is 6.20 Å². The number of rotatable bonds is 3. The first kappa shape index (κ1) is 11.4. The number of aryl methyl sites for hydroxylation is 1. The highest BCUT2D eigenvalue weighted by molar-refractivity contribution is 5.65. The zero-order chi connectivity index (χ0) is 13.1. The summed E-state index contributed by atoms with van der Waals surface area (Å²) in [6, 6.07) is 13.8. The minimum atomic E-state index is 0.768. The second-order valence-corrected chi connectivity index (χ2v) is 4.26. The van der Waals surface area contributed by atoms with Crippen LogP contribution in [0, 0.1) is 6.92 Å². The molecule has 0 atom stereocenters. The maximum Gasteiger partial charge on any atom is 0.152 e. The molecule has 2 heterocycles. The zero-order valence-corrected chi connectivity index (χ0v) is 10.5. The van der Waals surface area contributed by atoms with Gasteiger partial charge in [-0.05, 0) is 13.0 Å². The van der Waals surface area contributed by atoms with Gasteiger partial charge in [0, 0.05) is 17.3 Å². The standard InChI is InChI=1S/C14H13N5/c1-10-7-14(19-17-10)16-12-8-13(18-15-9-12)11-5-3-2-4-6-11/h2-9H,1H3,(H2,16,17,18,19). The van der Waals surface area contributed by atoms with Gasteiger partial charge in [0.15, 0.2) is 5.82 Å². The number of benzene rings is 1. The van der Waals surface area contributed by atoms with Gasteiger partial charge in [0.05, 0.1) is 17.6 Å². The van der Waals surface area contributed by atoms with Gasteiger partial charge in [-0.3, -0.25) is 5.10 Å². The van der Waals surface area contributed by atoms with E-state index < -0.39 is 0 Å². The summed E-state index contributed by atoms with van der Waals surface area (Å²) < 4.78 is 0. The van der Waals surface area contributed by atoms with Crippen LogP contribution in [-0.4, -0.2) is 20.4 Å². The molecule has 3 rings (SSSR count). The third-order valence-corrected chi connectivity index (χ3v) is 2.70. The van der Waals surface area contributed by atoms with Crippen LogP contribution in [0.4, 0.5) is 11.5 Å². The van der Waals surface area contributed by atoms with Crippen LogP contribution in [-0.2, 0) is 0 Å². The van der Waals surface area contributed by atoms with Crippen LogP contribution in [0.15, 0.2) is 48.7 Å². The first-order valence-corrected chi connectivity index (χ1v) is 5.98. The average molecular weight is 251 g/mol. The van der Waals surface area contributed by atoms with Gasteiger partial charge in [-0.15, -0.1) is 0 Å². The van der Waals surface area contributed by atoms with Crippen LogP contribution < -0.4 is 5.32 Å². The first-order chi connectivity index (χ1) is 9.31. The maximum atomic E-state index is 4.14. The molecule has 0 saturated heterocycles. The molecule has 0 spiro atoms. The summed E-state index contributed by atoms with van der Waals surface area (Å²) in [4.78, 5) is 0. The summed E-state index contributed by atoms with van der Waals surface area (Å²) in [5.74, 6) is 0.768. The summed E-state index contributed by atoms with van der Waals surface area (Å²) in [7, 11) is 0. The molecule has 1 aromatic carbocycles. The Balaban J connectivity index is 1.88. The van der Waals surface area contributed by atoms with E-state index in [2.05, 4.69) is 25.7 Å². The van der Waals surface area contributed by atoms with Crippen LogP contribution in [0.25, 0.3) is 11.3 Å². The lowest BCUT2D eigenvalue weighted by Crippen LogP contribution is -1.94. The minimum Gasteiger partial charge on any atom is -0.337 e. The van der Waals surface area contributed by atoms with Crippen LogP contribution in [0.2, 0.25) is 0 Å². The highest BCUT2D eigenvalue weighted by Gasteiger charge is 2.03. The van der Waals surface area contributed by atoms with Crippen LogP contribution in [0.5, 0.6) is 0 Å². The highest BCUT2D eigenvalue weighted by Crippen LogP contribution is 2.20. The van der Waals surface area contributed by atoms with Crippen molar-refractivity contribution in [2.75, 3.05) is 5.32 Å². The van der Waals surface area contributed by atoms with Crippen molar-refractivity contribution >= 4 is 11.5 Å². The van der Waals surface area contributed by atoms with Crippen molar-refractivity contribution in [3.63, 3.8) is 0 Å². The van der Waals surface area contributed by atoms with Crippen molar-refractivity contribution in [2.24, 2.45) is 0 Å². The molecule has 5 heteroatoms. The number of nitrogens with one attached hydrogen (secondary N) is 2. The van der Waals surface area contributed by atoms with Crippen LogP contribution in [0.1, 0.15) is 5.69 Å². The third-order valence-electron chi connectivity index (χ3n) is 2.70. The molecular formula is C14H13N5. The normalized spacial score (nSPS) is 10.4. The molecule has 0 radical (unpaired) electrons. The fourth-order valence-corrected chi connectivity index (χ4v) is 1.81. The Kier molecular flexibility index (Phi) is 2.94. The monoisotopic (exact) mass is 251 g/mol. The van der Waals surface area contributed by atoms with Gasteiger partial charge in [0.1, 0.15) is 0 Å². The lowest BCUT2D eigenvalue weighted by molar-refractivity contribution is 1.03. The Labute approximate surface area is 110 Å². The smallest absolute Gasteiger partial charge is 0.152 e. The van der Waals surface area contributed by atoms with Gasteiger partial charge in [-0.1, -0.05) is 30.3 Å². The molecule has 2 aromatic heterocycles. The van der Waals surface area contributed by atoms with Gasteiger partial charge < -0.3 is 5.32 Å². The van der Waals surface area contributed by atoms with Crippen molar-refractivity contribution in [2.45, 2.75) is 6.92 Å². The highest BCUT2D eigenvalue weighted by atomic mass is 15.2. The predicted octanol–water partition coefficient (Wildman–Crippen LogP) is 2.92. The molecule has 3 aromatic rings.